The molecule has 0 aliphatic carbocycles. The highest BCUT2D eigenvalue weighted by molar-refractivity contribution is 7.89. The van der Waals surface area contributed by atoms with Gasteiger partial charge in [-0.3, -0.25) is 0 Å². The molecule has 7 heteroatoms. The molecule has 0 heterocycles. The van der Waals surface area contributed by atoms with Gasteiger partial charge in [-0.1, -0.05) is 32.4 Å². The molecule has 0 atom stereocenters. The molecule has 1 N–H and O–H groups in total. The topological polar surface area (TPSA) is 49.4 Å². The Morgan fingerprint density at radius 3 is 2.48 bits per heavy atom. The largest absolute Gasteiger partial charge is 0.316 e. The van der Waals surface area contributed by atoms with Crippen molar-refractivity contribution in [2.24, 2.45) is 5.92 Å². The van der Waals surface area contributed by atoms with Crippen molar-refractivity contribution in [1.29, 1.82) is 0 Å². The summed E-state index contributed by atoms with van der Waals surface area (Å²) in [5, 5.41) is 3.01. The minimum absolute atomic E-state index is 0.152. The number of halogens is 2. The van der Waals surface area contributed by atoms with Gasteiger partial charge in [-0.05, 0) is 25.1 Å². The maximum absolute atomic E-state index is 14.5. The fraction of sp³-hybridized carbons (Fsp3) is 0.571. The van der Waals surface area contributed by atoms with Crippen molar-refractivity contribution in [2.75, 3.05) is 20.1 Å². The van der Waals surface area contributed by atoms with Gasteiger partial charge < -0.3 is 5.32 Å². The van der Waals surface area contributed by atoms with Crippen molar-refractivity contribution in [1.82, 2.24) is 9.62 Å². The summed E-state index contributed by atoms with van der Waals surface area (Å²) in [6.45, 7) is 6.40. The average Bonchev–Trinajstić information content (AvgIpc) is 2.39. The van der Waals surface area contributed by atoms with Crippen LogP contribution in [0.15, 0.2) is 17.0 Å². The van der Waals surface area contributed by atoms with Crippen LogP contribution in [0.5, 0.6) is 0 Å². The molecule has 0 fully saturated rings. The summed E-state index contributed by atoms with van der Waals surface area (Å²) in [6, 6.07) is 2.61. The molecule has 120 valence electrons. The van der Waals surface area contributed by atoms with Crippen molar-refractivity contribution in [3.05, 3.63) is 28.5 Å². The molecule has 1 rings (SSSR count). The van der Waals surface area contributed by atoms with E-state index in [4.69, 9.17) is 11.6 Å². The Labute approximate surface area is 131 Å². The Morgan fingerprint density at radius 2 is 2.00 bits per heavy atom. The molecule has 0 unspecified atom stereocenters. The molecular weight excluding hydrogens is 315 g/mol. The van der Waals surface area contributed by atoms with Gasteiger partial charge in [0.05, 0.1) is 0 Å². The van der Waals surface area contributed by atoms with Crippen LogP contribution in [0.2, 0.25) is 5.02 Å². The zero-order valence-corrected chi connectivity index (χ0v) is 14.4. The number of sulfonamides is 1. The summed E-state index contributed by atoms with van der Waals surface area (Å²) in [4.78, 5) is -0.359. The Bertz CT molecular complexity index is 591. The Hall–Kier alpha value is -0.690. The van der Waals surface area contributed by atoms with Gasteiger partial charge in [0.2, 0.25) is 10.0 Å². The zero-order valence-electron chi connectivity index (χ0n) is 12.8. The van der Waals surface area contributed by atoms with E-state index in [0.717, 1.165) is 0 Å². The van der Waals surface area contributed by atoms with Gasteiger partial charge in [0.1, 0.15) is 10.7 Å². The normalized spacial score (nSPS) is 12.4. The molecule has 4 nitrogen and oxygen atoms in total. The van der Waals surface area contributed by atoms with Crippen LogP contribution in [0, 0.1) is 11.7 Å². The van der Waals surface area contributed by atoms with Crippen LogP contribution in [-0.4, -0.2) is 32.9 Å². The van der Waals surface area contributed by atoms with Crippen LogP contribution in [0.25, 0.3) is 0 Å². The van der Waals surface area contributed by atoms with Crippen LogP contribution >= 0.6 is 11.6 Å². The van der Waals surface area contributed by atoms with E-state index in [2.05, 4.69) is 5.32 Å². The minimum Gasteiger partial charge on any atom is -0.316 e. The van der Waals surface area contributed by atoms with Gasteiger partial charge in [-0.2, -0.15) is 4.31 Å². The maximum atomic E-state index is 14.5. The number of nitrogens with one attached hydrogen (secondary N) is 1. The fourth-order valence-corrected chi connectivity index (χ4v) is 4.12. The van der Waals surface area contributed by atoms with Crippen LogP contribution in [0.4, 0.5) is 4.39 Å². The van der Waals surface area contributed by atoms with E-state index in [1.54, 1.807) is 14.0 Å². The second kappa shape index (κ2) is 7.54. The Balaban J connectivity index is 3.36. The lowest BCUT2D eigenvalue weighted by Gasteiger charge is -2.23. The van der Waals surface area contributed by atoms with E-state index in [1.165, 1.54) is 16.4 Å². The second-order valence-electron chi connectivity index (χ2n) is 5.26. The third-order valence-electron chi connectivity index (χ3n) is 2.99. The van der Waals surface area contributed by atoms with Crippen molar-refractivity contribution in [2.45, 2.75) is 32.2 Å². The molecule has 0 saturated heterocycles. The fourth-order valence-electron chi connectivity index (χ4n) is 2.07. The van der Waals surface area contributed by atoms with Crippen LogP contribution < -0.4 is 5.32 Å². The van der Waals surface area contributed by atoms with Crippen molar-refractivity contribution < 1.29 is 12.8 Å². The molecule has 0 aliphatic heterocycles. The second-order valence-corrected chi connectivity index (χ2v) is 7.60. The average molecular weight is 337 g/mol. The molecule has 0 bridgehead atoms. The number of nitrogens with zero attached hydrogens (tertiary/aromatic N) is 1. The summed E-state index contributed by atoms with van der Waals surface area (Å²) >= 11 is 5.94. The van der Waals surface area contributed by atoms with Crippen LogP contribution in [0.3, 0.4) is 0 Å². The third kappa shape index (κ3) is 4.39. The molecule has 1 aromatic carbocycles. The van der Waals surface area contributed by atoms with E-state index in [-0.39, 0.29) is 34.5 Å². The highest BCUT2D eigenvalue weighted by atomic mass is 35.5. The first-order valence-electron chi connectivity index (χ1n) is 6.86. The predicted octanol–water partition coefficient (Wildman–Crippen LogP) is 2.87. The summed E-state index contributed by atoms with van der Waals surface area (Å²) < 4.78 is 41.0. The maximum Gasteiger partial charge on any atom is 0.246 e. The first kappa shape index (κ1) is 18.4. The van der Waals surface area contributed by atoms with Gasteiger partial charge >= 0.3 is 0 Å². The molecule has 1 aromatic rings. The van der Waals surface area contributed by atoms with Crippen LogP contribution in [-0.2, 0) is 16.6 Å². The molecule has 0 radical (unpaired) electrons. The molecule has 0 saturated carbocycles. The first-order valence-corrected chi connectivity index (χ1v) is 8.68. The SMILES string of the molecule is CCN(CC(C)C)S(=O)(=O)c1cc(Cl)cc(CNC)c1F. The zero-order chi connectivity index (χ0) is 16.2. The van der Waals surface area contributed by atoms with E-state index < -0.39 is 15.8 Å². The van der Waals surface area contributed by atoms with E-state index in [1.807, 2.05) is 13.8 Å². The van der Waals surface area contributed by atoms with Crippen LogP contribution in [0.1, 0.15) is 26.3 Å². The highest BCUT2D eigenvalue weighted by Gasteiger charge is 2.28. The van der Waals surface area contributed by atoms with Crippen molar-refractivity contribution in [3.8, 4) is 0 Å². The standard InChI is InChI=1S/C14H22ClFN2O2S/c1-5-18(9-10(2)3)21(19,20)13-7-12(15)6-11(8-17-4)14(13)16/h6-7,10,17H,5,8-9H2,1-4H3. The van der Waals surface area contributed by atoms with Gasteiger partial charge in [0.15, 0.2) is 0 Å². The van der Waals surface area contributed by atoms with Crippen molar-refractivity contribution in [3.63, 3.8) is 0 Å². The summed E-state index contributed by atoms with van der Waals surface area (Å²) in [6.07, 6.45) is 0. The van der Waals surface area contributed by atoms with E-state index in [0.29, 0.717) is 6.54 Å². The Kier molecular flexibility index (Phi) is 6.59. The van der Waals surface area contributed by atoms with Gasteiger partial charge in [-0.15, -0.1) is 0 Å². The van der Waals surface area contributed by atoms with Gasteiger partial charge in [-0.25, -0.2) is 12.8 Å². The molecule has 0 aliphatic rings. The molecule has 0 spiro atoms. The molecule has 0 amide bonds. The number of hydrogen-bond acceptors (Lipinski definition) is 3. The third-order valence-corrected chi connectivity index (χ3v) is 5.14. The molecular formula is C14H22ClFN2O2S. The van der Waals surface area contributed by atoms with Crippen molar-refractivity contribution >= 4 is 21.6 Å². The highest BCUT2D eigenvalue weighted by Crippen LogP contribution is 2.26. The number of benzene rings is 1. The van der Waals surface area contributed by atoms with Gasteiger partial charge in [0.25, 0.3) is 0 Å². The summed E-state index contributed by atoms with van der Waals surface area (Å²) in [5.74, 6) is -0.588. The summed E-state index contributed by atoms with van der Waals surface area (Å²) in [7, 11) is -2.24. The van der Waals surface area contributed by atoms with Gasteiger partial charge in [0, 0.05) is 30.2 Å². The first-order chi connectivity index (χ1) is 9.73. The number of rotatable bonds is 7. The lowest BCUT2D eigenvalue weighted by atomic mass is 10.2. The molecule has 21 heavy (non-hydrogen) atoms. The van der Waals surface area contributed by atoms with E-state index in [9.17, 15) is 12.8 Å². The summed E-state index contributed by atoms with van der Waals surface area (Å²) in [5.41, 5.74) is 0.240. The quantitative estimate of drug-likeness (QED) is 0.833. The lowest BCUT2D eigenvalue weighted by Crippen LogP contribution is -2.34. The smallest absolute Gasteiger partial charge is 0.246 e. The molecule has 0 aromatic heterocycles. The Morgan fingerprint density at radius 1 is 1.38 bits per heavy atom. The van der Waals surface area contributed by atoms with E-state index >= 15 is 0 Å². The monoisotopic (exact) mass is 336 g/mol. The number of hydrogen-bond donors (Lipinski definition) is 1. The predicted molar refractivity (Wildman–Crippen MR) is 83.4 cm³/mol. The lowest BCUT2D eigenvalue weighted by molar-refractivity contribution is 0.378. The minimum atomic E-state index is -3.89.